The molecule has 4 rings (SSSR count). The summed E-state index contributed by atoms with van der Waals surface area (Å²) in [5.74, 6) is -4.27. The first-order chi connectivity index (χ1) is 14.0. The molecular formula is C23H17F2NO3. The second kappa shape index (κ2) is 7.47. The van der Waals surface area contributed by atoms with Crippen LogP contribution in [0.15, 0.2) is 66.7 Å². The van der Waals surface area contributed by atoms with Crippen LogP contribution in [0.1, 0.15) is 22.6 Å². The summed E-state index contributed by atoms with van der Waals surface area (Å²) < 4.78 is 27.7. The van der Waals surface area contributed by atoms with E-state index < -0.39 is 41.9 Å². The Morgan fingerprint density at radius 3 is 1.90 bits per heavy atom. The van der Waals surface area contributed by atoms with Crippen LogP contribution in [0.5, 0.6) is 0 Å². The monoisotopic (exact) mass is 393 g/mol. The van der Waals surface area contributed by atoms with Crippen LogP contribution in [-0.2, 0) is 16.0 Å². The minimum Gasteiger partial charge on any atom is -0.480 e. The van der Waals surface area contributed by atoms with Crippen molar-refractivity contribution in [3.05, 3.63) is 95.1 Å². The van der Waals surface area contributed by atoms with Crippen molar-refractivity contribution in [2.75, 3.05) is 0 Å². The molecule has 29 heavy (non-hydrogen) atoms. The predicted octanol–water partition coefficient (Wildman–Crippen LogP) is 3.89. The van der Waals surface area contributed by atoms with Crippen LogP contribution in [0, 0.1) is 11.6 Å². The summed E-state index contributed by atoms with van der Waals surface area (Å²) in [6.07, 6.45) is -0.585. The highest BCUT2D eigenvalue weighted by atomic mass is 19.1. The third-order valence-corrected chi connectivity index (χ3v) is 5.20. The van der Waals surface area contributed by atoms with Crippen molar-refractivity contribution in [2.45, 2.75) is 18.4 Å². The normalized spacial score (nSPS) is 13.4. The Balaban J connectivity index is 1.67. The largest absolute Gasteiger partial charge is 0.480 e. The van der Waals surface area contributed by atoms with E-state index in [0.29, 0.717) is 0 Å². The number of amides is 1. The Morgan fingerprint density at radius 2 is 1.38 bits per heavy atom. The fourth-order valence-corrected chi connectivity index (χ4v) is 3.93. The number of hydrogen-bond acceptors (Lipinski definition) is 2. The molecule has 0 unspecified atom stereocenters. The molecular weight excluding hydrogens is 376 g/mol. The first-order valence-electron chi connectivity index (χ1n) is 9.10. The van der Waals surface area contributed by atoms with Gasteiger partial charge in [0.2, 0.25) is 5.91 Å². The molecule has 1 atom stereocenters. The molecule has 3 aromatic carbocycles. The van der Waals surface area contributed by atoms with E-state index in [-0.39, 0.29) is 5.56 Å². The number of fused-ring (bicyclic) bond motifs is 3. The number of benzene rings is 3. The molecule has 0 aromatic heterocycles. The summed E-state index contributed by atoms with van der Waals surface area (Å²) in [6.45, 7) is 0. The minimum absolute atomic E-state index is 0.388. The topological polar surface area (TPSA) is 66.4 Å². The summed E-state index contributed by atoms with van der Waals surface area (Å²) in [4.78, 5) is 24.6. The summed E-state index contributed by atoms with van der Waals surface area (Å²) in [5, 5.41) is 12.3. The summed E-state index contributed by atoms with van der Waals surface area (Å²) in [6, 6.07) is 16.9. The van der Waals surface area contributed by atoms with E-state index in [1.165, 1.54) is 6.07 Å². The van der Waals surface area contributed by atoms with Crippen molar-refractivity contribution >= 4 is 11.9 Å². The number of hydrogen-bond donors (Lipinski definition) is 2. The maximum absolute atomic E-state index is 13.9. The number of nitrogens with one attached hydrogen (secondary N) is 1. The molecule has 0 heterocycles. The minimum atomic E-state index is -1.28. The van der Waals surface area contributed by atoms with Gasteiger partial charge in [-0.3, -0.25) is 4.79 Å². The van der Waals surface area contributed by atoms with Crippen molar-refractivity contribution in [1.29, 1.82) is 0 Å². The molecule has 0 aliphatic heterocycles. The Hall–Kier alpha value is -3.54. The molecule has 1 aliphatic carbocycles. The summed E-state index contributed by atoms with van der Waals surface area (Å²) in [5.41, 5.74) is 3.01. The smallest absolute Gasteiger partial charge is 0.327 e. The number of carboxylic acid groups (broad SMARTS) is 1. The van der Waals surface area contributed by atoms with Crippen LogP contribution in [0.2, 0.25) is 0 Å². The van der Waals surface area contributed by atoms with E-state index >= 15 is 0 Å². The van der Waals surface area contributed by atoms with Crippen molar-refractivity contribution in [3.8, 4) is 11.1 Å². The molecule has 1 amide bonds. The molecule has 3 aromatic rings. The van der Waals surface area contributed by atoms with Crippen LogP contribution in [0.4, 0.5) is 8.78 Å². The van der Waals surface area contributed by atoms with Crippen LogP contribution in [-0.4, -0.2) is 23.0 Å². The maximum Gasteiger partial charge on any atom is 0.327 e. The second-order valence-electron chi connectivity index (χ2n) is 6.91. The number of rotatable bonds is 5. The van der Waals surface area contributed by atoms with Crippen LogP contribution >= 0.6 is 0 Å². The van der Waals surface area contributed by atoms with Crippen molar-refractivity contribution < 1.29 is 23.5 Å². The molecule has 0 spiro atoms. The van der Waals surface area contributed by atoms with Crippen LogP contribution in [0.25, 0.3) is 11.1 Å². The molecule has 0 fully saturated rings. The highest BCUT2D eigenvalue weighted by Gasteiger charge is 2.38. The molecule has 1 aliphatic rings. The van der Waals surface area contributed by atoms with Gasteiger partial charge >= 0.3 is 5.97 Å². The standard InChI is InChI=1S/C23H17F2NO3/c24-18-10-5-11-19(25)17(18)12-20(27)26-22(23(28)29)21-15-8-3-1-6-13(15)14-7-2-4-9-16(14)21/h1-11,21-22H,12H2,(H,26,27)(H,28,29)/t22-/m1/s1. The lowest BCUT2D eigenvalue weighted by atomic mass is 9.89. The van der Waals surface area contributed by atoms with Gasteiger partial charge in [0.1, 0.15) is 17.7 Å². The van der Waals surface area contributed by atoms with Crippen LogP contribution in [0.3, 0.4) is 0 Å². The van der Waals surface area contributed by atoms with Gasteiger partial charge in [0.05, 0.1) is 6.42 Å². The molecule has 2 N–H and O–H groups in total. The number of carbonyl (C=O) groups is 2. The Bertz CT molecular complexity index is 1050. The Kier molecular flexibility index (Phi) is 4.84. The third kappa shape index (κ3) is 3.38. The number of halogens is 2. The van der Waals surface area contributed by atoms with Gasteiger partial charge in [-0.1, -0.05) is 54.6 Å². The van der Waals surface area contributed by atoms with E-state index in [2.05, 4.69) is 5.32 Å². The lowest BCUT2D eigenvalue weighted by Crippen LogP contribution is -2.45. The van der Waals surface area contributed by atoms with E-state index in [9.17, 15) is 23.5 Å². The third-order valence-electron chi connectivity index (χ3n) is 5.20. The maximum atomic E-state index is 13.9. The van der Waals surface area contributed by atoms with Crippen molar-refractivity contribution in [1.82, 2.24) is 5.32 Å². The fourth-order valence-electron chi connectivity index (χ4n) is 3.93. The zero-order valence-electron chi connectivity index (χ0n) is 15.2. The molecule has 0 saturated heterocycles. The Labute approximate surface area is 165 Å². The second-order valence-corrected chi connectivity index (χ2v) is 6.91. The van der Waals surface area contributed by atoms with E-state index in [1.807, 2.05) is 48.5 Å². The average Bonchev–Trinajstić information content (AvgIpc) is 3.03. The zero-order valence-corrected chi connectivity index (χ0v) is 15.2. The first-order valence-corrected chi connectivity index (χ1v) is 9.10. The molecule has 0 radical (unpaired) electrons. The fraction of sp³-hybridized carbons (Fsp3) is 0.130. The van der Waals surface area contributed by atoms with Gasteiger partial charge in [0.15, 0.2) is 0 Å². The van der Waals surface area contributed by atoms with Gasteiger partial charge in [-0.05, 0) is 34.4 Å². The number of carbonyl (C=O) groups excluding carboxylic acids is 1. The molecule has 0 saturated carbocycles. The van der Waals surface area contributed by atoms with Crippen molar-refractivity contribution in [2.24, 2.45) is 0 Å². The van der Waals surface area contributed by atoms with Gasteiger partial charge in [-0.15, -0.1) is 0 Å². The first kappa shape index (κ1) is 18.8. The highest BCUT2D eigenvalue weighted by molar-refractivity contribution is 5.89. The van der Waals surface area contributed by atoms with Gasteiger partial charge in [0, 0.05) is 11.5 Å². The van der Waals surface area contributed by atoms with Gasteiger partial charge < -0.3 is 10.4 Å². The average molecular weight is 393 g/mol. The van der Waals surface area contributed by atoms with Gasteiger partial charge in [0.25, 0.3) is 0 Å². The van der Waals surface area contributed by atoms with Crippen LogP contribution < -0.4 is 5.32 Å². The molecule has 6 heteroatoms. The molecule has 146 valence electrons. The molecule has 0 bridgehead atoms. The summed E-state index contributed by atoms with van der Waals surface area (Å²) >= 11 is 0. The lowest BCUT2D eigenvalue weighted by Gasteiger charge is -2.23. The SMILES string of the molecule is O=C(Cc1c(F)cccc1F)N[C@@H](C(=O)O)C1c2ccccc2-c2ccccc21. The van der Waals surface area contributed by atoms with E-state index in [0.717, 1.165) is 34.4 Å². The van der Waals surface area contributed by atoms with Gasteiger partial charge in [-0.2, -0.15) is 0 Å². The van der Waals surface area contributed by atoms with Gasteiger partial charge in [-0.25, -0.2) is 13.6 Å². The van der Waals surface area contributed by atoms with E-state index in [4.69, 9.17) is 0 Å². The highest BCUT2D eigenvalue weighted by Crippen LogP contribution is 2.46. The summed E-state index contributed by atoms with van der Waals surface area (Å²) in [7, 11) is 0. The van der Waals surface area contributed by atoms with E-state index in [1.54, 1.807) is 0 Å². The predicted molar refractivity (Wildman–Crippen MR) is 103 cm³/mol. The van der Waals surface area contributed by atoms with Crippen molar-refractivity contribution in [3.63, 3.8) is 0 Å². The molecule has 4 nitrogen and oxygen atoms in total. The lowest BCUT2D eigenvalue weighted by molar-refractivity contribution is -0.142. The number of aliphatic carboxylic acids is 1. The zero-order chi connectivity index (χ0) is 20.5. The Morgan fingerprint density at radius 1 is 0.862 bits per heavy atom. The quantitative estimate of drug-likeness (QED) is 0.691. The number of carboxylic acids is 1.